The molecule has 2 aromatic heterocycles. The number of furan rings is 1. The average molecular weight is 807 g/mol. The maximum absolute atomic E-state index is 6.12. The van der Waals surface area contributed by atoms with E-state index in [0.29, 0.717) is 0 Å². The van der Waals surface area contributed by atoms with Crippen molar-refractivity contribution in [1.29, 1.82) is 0 Å². The van der Waals surface area contributed by atoms with Gasteiger partial charge in [0.25, 0.3) is 0 Å². The number of thiophene rings is 1. The van der Waals surface area contributed by atoms with Crippen molar-refractivity contribution < 1.29 is 4.42 Å². The topological polar surface area (TPSA) is 13.1 Å². The van der Waals surface area contributed by atoms with Crippen LogP contribution in [0.5, 0.6) is 0 Å². The van der Waals surface area contributed by atoms with Crippen molar-refractivity contribution in [3.63, 3.8) is 0 Å². The van der Waals surface area contributed by atoms with E-state index in [1.54, 1.807) is 0 Å². The number of benzene rings is 10. The van der Waals surface area contributed by atoms with Gasteiger partial charge in [0.2, 0.25) is 0 Å². The minimum Gasteiger partial charge on any atom is -0.456 e. The van der Waals surface area contributed by atoms with Crippen molar-refractivity contribution in [1.82, 2.24) is 0 Å². The fourth-order valence-electron chi connectivity index (χ4n) is 9.14. The second-order valence-electron chi connectivity index (χ2n) is 16.1. The fraction of sp³-hybridized carbons (Fsp3) is 0. The first-order chi connectivity index (χ1) is 30.7. The van der Waals surface area contributed by atoms with Crippen LogP contribution in [0.1, 0.15) is 0 Å². The lowest BCUT2D eigenvalue weighted by molar-refractivity contribution is 0.669. The molecule has 12 rings (SSSR count). The molecule has 0 bridgehead atoms. The van der Waals surface area contributed by atoms with Crippen molar-refractivity contribution in [3.05, 3.63) is 231 Å². The highest BCUT2D eigenvalue weighted by Crippen LogP contribution is 2.42. The number of hydrogen-bond donors (Lipinski definition) is 0. The van der Waals surface area contributed by atoms with Crippen LogP contribution < -0.4 is 0 Å². The van der Waals surface area contributed by atoms with Gasteiger partial charge in [-0.1, -0.05) is 164 Å². The molecule has 0 saturated heterocycles. The SMILES string of the molecule is c1ccc(-c2cc(-c3cccc(-c4cccc(-c5cccc(-c6ccc7oc8ccccc8c7c6)c5)c4)c3)cc(-c3cccc(-c4cccc5c4sc4ccccc45)c3)c2)cc1. The fourth-order valence-corrected chi connectivity index (χ4v) is 10.4. The second kappa shape index (κ2) is 15.0. The van der Waals surface area contributed by atoms with Gasteiger partial charge in [-0.25, -0.2) is 0 Å². The van der Waals surface area contributed by atoms with Crippen LogP contribution in [0.25, 0.3) is 120 Å². The highest BCUT2D eigenvalue weighted by molar-refractivity contribution is 7.26. The summed E-state index contributed by atoms with van der Waals surface area (Å²) in [6, 6.07) is 83.8. The van der Waals surface area contributed by atoms with E-state index in [1.165, 1.54) is 98.1 Å². The molecule has 0 aliphatic heterocycles. The van der Waals surface area contributed by atoms with E-state index in [1.807, 2.05) is 23.5 Å². The number of fused-ring (bicyclic) bond motifs is 6. The maximum atomic E-state index is 6.12. The predicted molar refractivity (Wildman–Crippen MR) is 265 cm³/mol. The Balaban J connectivity index is 0.907. The van der Waals surface area contributed by atoms with Crippen LogP contribution in [-0.4, -0.2) is 0 Å². The molecule has 0 unspecified atom stereocenters. The van der Waals surface area contributed by atoms with Crippen molar-refractivity contribution in [3.8, 4) is 77.9 Å². The summed E-state index contributed by atoms with van der Waals surface area (Å²) in [4.78, 5) is 0. The number of rotatable bonds is 7. The Bertz CT molecular complexity index is 3640. The van der Waals surface area contributed by atoms with Crippen molar-refractivity contribution in [2.24, 2.45) is 0 Å². The third kappa shape index (κ3) is 6.50. The van der Waals surface area contributed by atoms with E-state index in [4.69, 9.17) is 4.42 Å². The van der Waals surface area contributed by atoms with Gasteiger partial charge in [0.15, 0.2) is 0 Å². The first-order valence-corrected chi connectivity index (χ1v) is 21.9. The third-order valence-corrected chi connectivity index (χ3v) is 13.5. The highest BCUT2D eigenvalue weighted by atomic mass is 32.1. The van der Waals surface area contributed by atoms with Gasteiger partial charge in [0.1, 0.15) is 11.2 Å². The summed E-state index contributed by atoms with van der Waals surface area (Å²) in [5.41, 5.74) is 18.6. The van der Waals surface area contributed by atoms with Crippen molar-refractivity contribution in [2.75, 3.05) is 0 Å². The lowest BCUT2D eigenvalue weighted by atomic mass is 9.91. The average Bonchev–Trinajstić information content (AvgIpc) is 3.93. The summed E-state index contributed by atoms with van der Waals surface area (Å²) >= 11 is 1.88. The smallest absolute Gasteiger partial charge is 0.135 e. The van der Waals surface area contributed by atoms with Gasteiger partial charge in [0.05, 0.1) is 0 Å². The molecule has 0 atom stereocenters. The standard InChI is InChI=1S/C60H38OS/c1-2-13-39(14-3-1)49-35-50(37-51(36-49)46-21-11-22-48(34-46)52-25-12-26-55-54-24-5-7-28-59(54)62-60(52)55)45-20-10-18-43(33-45)41-16-8-15-40(31-41)42-17-9-19-44(32-42)47-29-30-58-56(38-47)53-23-4-6-27-57(53)61-58/h1-38H. The molecule has 290 valence electrons. The number of para-hydroxylation sites is 1. The number of hydrogen-bond acceptors (Lipinski definition) is 2. The van der Waals surface area contributed by atoms with E-state index in [2.05, 4.69) is 218 Å². The van der Waals surface area contributed by atoms with E-state index in [-0.39, 0.29) is 0 Å². The summed E-state index contributed by atoms with van der Waals surface area (Å²) < 4.78 is 8.77. The molecule has 0 N–H and O–H groups in total. The van der Waals surface area contributed by atoms with Gasteiger partial charge in [-0.3, -0.25) is 0 Å². The van der Waals surface area contributed by atoms with Crippen molar-refractivity contribution >= 4 is 53.4 Å². The van der Waals surface area contributed by atoms with Gasteiger partial charge < -0.3 is 4.42 Å². The van der Waals surface area contributed by atoms with Crippen LogP contribution in [0.3, 0.4) is 0 Å². The summed E-state index contributed by atoms with van der Waals surface area (Å²) in [5.74, 6) is 0. The van der Waals surface area contributed by atoms with Gasteiger partial charge in [-0.2, -0.15) is 0 Å². The molecule has 2 heterocycles. The normalized spacial score (nSPS) is 11.5. The molecule has 0 fully saturated rings. The Labute approximate surface area is 364 Å². The van der Waals surface area contributed by atoms with Gasteiger partial charge >= 0.3 is 0 Å². The predicted octanol–water partition coefficient (Wildman–Crippen LogP) is 17.6. The van der Waals surface area contributed by atoms with Crippen LogP contribution in [0.2, 0.25) is 0 Å². The highest BCUT2D eigenvalue weighted by Gasteiger charge is 2.14. The molecular weight excluding hydrogens is 769 g/mol. The van der Waals surface area contributed by atoms with E-state index < -0.39 is 0 Å². The van der Waals surface area contributed by atoms with Gasteiger partial charge in [-0.05, 0) is 145 Å². The molecule has 10 aromatic carbocycles. The first kappa shape index (κ1) is 36.1. The molecule has 0 aliphatic carbocycles. The summed E-state index contributed by atoms with van der Waals surface area (Å²) in [6.45, 7) is 0. The largest absolute Gasteiger partial charge is 0.456 e. The van der Waals surface area contributed by atoms with Gasteiger partial charge in [0, 0.05) is 30.9 Å². The molecule has 0 aliphatic rings. The third-order valence-electron chi connectivity index (χ3n) is 12.2. The summed E-state index contributed by atoms with van der Waals surface area (Å²) in [5, 5.41) is 4.92. The lowest BCUT2D eigenvalue weighted by Crippen LogP contribution is -1.88. The molecule has 62 heavy (non-hydrogen) atoms. The summed E-state index contributed by atoms with van der Waals surface area (Å²) in [7, 11) is 0. The Kier molecular flexibility index (Phi) is 8.76. The molecule has 12 aromatic rings. The van der Waals surface area contributed by atoms with Crippen LogP contribution in [0.15, 0.2) is 235 Å². The Morgan fingerprint density at radius 3 is 1.31 bits per heavy atom. The van der Waals surface area contributed by atoms with Crippen LogP contribution >= 0.6 is 11.3 Å². The minimum atomic E-state index is 0.912. The quantitative estimate of drug-likeness (QED) is 0.156. The summed E-state index contributed by atoms with van der Waals surface area (Å²) in [6.07, 6.45) is 0. The van der Waals surface area contributed by atoms with Crippen LogP contribution in [-0.2, 0) is 0 Å². The molecule has 1 nitrogen and oxygen atoms in total. The van der Waals surface area contributed by atoms with E-state index >= 15 is 0 Å². The maximum Gasteiger partial charge on any atom is 0.135 e. The lowest BCUT2D eigenvalue weighted by Gasteiger charge is -2.14. The molecule has 2 heteroatoms. The molecule has 0 spiro atoms. The van der Waals surface area contributed by atoms with Crippen LogP contribution in [0, 0.1) is 0 Å². The Morgan fingerprint density at radius 2 is 0.661 bits per heavy atom. The zero-order valence-corrected chi connectivity index (χ0v) is 34.6. The zero-order chi connectivity index (χ0) is 41.0. The van der Waals surface area contributed by atoms with Crippen LogP contribution in [0.4, 0.5) is 0 Å². The molecule has 0 radical (unpaired) electrons. The Morgan fingerprint density at radius 1 is 0.242 bits per heavy atom. The first-order valence-electron chi connectivity index (χ1n) is 21.1. The minimum absolute atomic E-state index is 0.912. The van der Waals surface area contributed by atoms with Crippen molar-refractivity contribution in [2.45, 2.75) is 0 Å². The van der Waals surface area contributed by atoms with E-state index in [0.717, 1.165) is 21.9 Å². The molecular formula is C60H38OS. The van der Waals surface area contributed by atoms with Gasteiger partial charge in [-0.15, -0.1) is 11.3 Å². The zero-order valence-electron chi connectivity index (χ0n) is 33.8. The molecule has 0 amide bonds. The Hall–Kier alpha value is -7.78. The molecule has 0 saturated carbocycles. The van der Waals surface area contributed by atoms with E-state index in [9.17, 15) is 0 Å². The monoisotopic (exact) mass is 806 g/mol. The second-order valence-corrected chi connectivity index (χ2v) is 17.1.